The first-order chi connectivity index (χ1) is 6.75. The van der Waals surface area contributed by atoms with Crippen molar-refractivity contribution >= 4 is 0 Å². The Balaban J connectivity index is 2.26. The van der Waals surface area contributed by atoms with Crippen LogP contribution in [0, 0.1) is 6.92 Å². The van der Waals surface area contributed by atoms with Gasteiger partial charge in [0.05, 0.1) is 0 Å². The van der Waals surface area contributed by atoms with E-state index in [1.807, 2.05) is 6.92 Å². The number of rotatable bonds is 1. The van der Waals surface area contributed by atoms with Crippen molar-refractivity contribution in [3.63, 3.8) is 0 Å². The summed E-state index contributed by atoms with van der Waals surface area (Å²) in [6.07, 6.45) is 2.12. The highest BCUT2D eigenvalue weighted by atomic mass is 16.1. The first-order valence-electron chi connectivity index (χ1n) is 5.04. The van der Waals surface area contributed by atoms with Crippen LogP contribution in [0.1, 0.15) is 30.3 Å². The largest absolute Gasteiger partial charge is 0.317 e. The number of aromatic nitrogens is 2. The van der Waals surface area contributed by atoms with E-state index < -0.39 is 0 Å². The maximum Gasteiger partial charge on any atom is 0.251 e. The normalized spacial score (nSPS) is 18.4. The zero-order chi connectivity index (χ0) is 9.97. The predicted octanol–water partition coefficient (Wildman–Crippen LogP) is 0.545. The van der Waals surface area contributed by atoms with Crippen LogP contribution in [0.25, 0.3) is 0 Å². The average Bonchev–Trinajstić information content (AvgIpc) is 2.18. The Labute approximate surface area is 82.8 Å². The Morgan fingerprint density at radius 3 is 2.79 bits per heavy atom. The molecule has 4 nitrogen and oxygen atoms in total. The van der Waals surface area contributed by atoms with E-state index in [9.17, 15) is 4.79 Å². The van der Waals surface area contributed by atoms with E-state index in [2.05, 4.69) is 15.3 Å². The zero-order valence-electron chi connectivity index (χ0n) is 8.34. The van der Waals surface area contributed by atoms with Crippen molar-refractivity contribution in [2.75, 3.05) is 13.1 Å². The molecule has 0 radical (unpaired) electrons. The summed E-state index contributed by atoms with van der Waals surface area (Å²) in [5, 5.41) is 3.29. The fourth-order valence-corrected chi connectivity index (χ4v) is 1.89. The molecule has 0 atom stereocenters. The van der Waals surface area contributed by atoms with Crippen molar-refractivity contribution in [3.8, 4) is 0 Å². The predicted molar refractivity (Wildman–Crippen MR) is 54.4 cm³/mol. The van der Waals surface area contributed by atoms with Gasteiger partial charge in [-0.1, -0.05) is 0 Å². The molecule has 0 aliphatic carbocycles. The Bertz CT molecular complexity index is 366. The minimum absolute atomic E-state index is 0.0361. The van der Waals surface area contributed by atoms with Crippen LogP contribution in [-0.2, 0) is 0 Å². The molecule has 1 saturated heterocycles. The van der Waals surface area contributed by atoms with Crippen LogP contribution in [0.5, 0.6) is 0 Å². The minimum atomic E-state index is -0.0361. The molecule has 0 spiro atoms. The van der Waals surface area contributed by atoms with Crippen molar-refractivity contribution < 1.29 is 0 Å². The van der Waals surface area contributed by atoms with Crippen LogP contribution >= 0.6 is 0 Å². The number of hydrogen-bond donors (Lipinski definition) is 2. The number of aryl methyl sites for hydroxylation is 1. The van der Waals surface area contributed by atoms with E-state index in [0.29, 0.717) is 5.92 Å². The second kappa shape index (κ2) is 3.92. The van der Waals surface area contributed by atoms with Crippen LogP contribution < -0.4 is 10.9 Å². The first kappa shape index (κ1) is 9.40. The molecular weight excluding hydrogens is 178 g/mol. The van der Waals surface area contributed by atoms with Gasteiger partial charge in [-0.15, -0.1) is 0 Å². The van der Waals surface area contributed by atoms with Gasteiger partial charge < -0.3 is 10.3 Å². The molecule has 1 aromatic heterocycles. The standard InChI is InChI=1S/C10H15N3O/c1-7-6-9(14)13-10(12-7)8-2-4-11-5-3-8/h6,8,11H,2-5H2,1H3,(H,12,13,14). The second-order valence-electron chi connectivity index (χ2n) is 3.80. The highest BCUT2D eigenvalue weighted by Crippen LogP contribution is 2.20. The molecule has 14 heavy (non-hydrogen) atoms. The molecule has 2 heterocycles. The molecule has 0 amide bonds. The van der Waals surface area contributed by atoms with Crippen molar-refractivity contribution in [1.82, 2.24) is 15.3 Å². The molecule has 1 aromatic rings. The lowest BCUT2D eigenvalue weighted by molar-refractivity contribution is 0.443. The molecule has 1 aliphatic heterocycles. The molecule has 0 unspecified atom stereocenters. The summed E-state index contributed by atoms with van der Waals surface area (Å²) in [6, 6.07) is 1.53. The lowest BCUT2D eigenvalue weighted by Gasteiger charge is -2.21. The molecule has 0 bridgehead atoms. The summed E-state index contributed by atoms with van der Waals surface area (Å²) < 4.78 is 0. The Morgan fingerprint density at radius 1 is 1.43 bits per heavy atom. The summed E-state index contributed by atoms with van der Waals surface area (Å²) in [5.41, 5.74) is 0.772. The van der Waals surface area contributed by atoms with E-state index in [4.69, 9.17) is 0 Å². The second-order valence-corrected chi connectivity index (χ2v) is 3.80. The minimum Gasteiger partial charge on any atom is -0.317 e. The lowest BCUT2D eigenvalue weighted by atomic mass is 9.97. The van der Waals surface area contributed by atoms with Gasteiger partial charge in [-0.2, -0.15) is 0 Å². The van der Waals surface area contributed by atoms with Crippen LogP contribution in [-0.4, -0.2) is 23.1 Å². The molecule has 76 valence electrons. The third kappa shape index (κ3) is 2.01. The van der Waals surface area contributed by atoms with Crippen molar-refractivity contribution in [1.29, 1.82) is 0 Å². The summed E-state index contributed by atoms with van der Waals surface area (Å²) in [7, 11) is 0. The van der Waals surface area contributed by atoms with Gasteiger partial charge in [0.25, 0.3) is 5.56 Å². The van der Waals surface area contributed by atoms with Crippen LogP contribution in [0.2, 0.25) is 0 Å². The van der Waals surface area contributed by atoms with E-state index in [1.165, 1.54) is 6.07 Å². The molecule has 1 aliphatic rings. The highest BCUT2D eigenvalue weighted by molar-refractivity contribution is 5.05. The summed E-state index contributed by atoms with van der Waals surface area (Å²) >= 11 is 0. The molecule has 0 aromatic carbocycles. The molecule has 2 N–H and O–H groups in total. The van der Waals surface area contributed by atoms with Crippen molar-refractivity contribution in [2.24, 2.45) is 0 Å². The number of nitrogens with one attached hydrogen (secondary N) is 2. The van der Waals surface area contributed by atoms with Gasteiger partial charge in [0, 0.05) is 17.7 Å². The molecule has 1 fully saturated rings. The summed E-state index contributed by atoms with van der Waals surface area (Å²) in [5.74, 6) is 1.28. The smallest absolute Gasteiger partial charge is 0.251 e. The SMILES string of the molecule is Cc1cc(=O)[nH]c(C2CCNCC2)n1. The van der Waals surface area contributed by atoms with Crippen LogP contribution in [0.3, 0.4) is 0 Å². The fourth-order valence-electron chi connectivity index (χ4n) is 1.89. The highest BCUT2D eigenvalue weighted by Gasteiger charge is 2.17. The van der Waals surface area contributed by atoms with Crippen molar-refractivity contribution in [3.05, 3.63) is 27.9 Å². The maximum absolute atomic E-state index is 11.2. The van der Waals surface area contributed by atoms with Gasteiger partial charge in [-0.05, 0) is 32.9 Å². The van der Waals surface area contributed by atoms with Gasteiger partial charge in [-0.3, -0.25) is 4.79 Å². The van der Waals surface area contributed by atoms with E-state index in [0.717, 1.165) is 37.4 Å². The number of H-pyrrole nitrogens is 1. The third-order valence-corrected chi connectivity index (χ3v) is 2.61. The fraction of sp³-hybridized carbons (Fsp3) is 0.600. The van der Waals surface area contributed by atoms with E-state index >= 15 is 0 Å². The quantitative estimate of drug-likeness (QED) is 0.684. The topological polar surface area (TPSA) is 57.8 Å². The van der Waals surface area contributed by atoms with Gasteiger partial charge >= 0.3 is 0 Å². The van der Waals surface area contributed by atoms with Crippen LogP contribution in [0.15, 0.2) is 10.9 Å². The molecular formula is C10H15N3O. The summed E-state index contributed by atoms with van der Waals surface area (Å²) in [4.78, 5) is 18.4. The maximum atomic E-state index is 11.2. The molecule has 4 heteroatoms. The Hall–Kier alpha value is -1.16. The number of hydrogen-bond acceptors (Lipinski definition) is 3. The van der Waals surface area contributed by atoms with Gasteiger partial charge in [0.15, 0.2) is 0 Å². The Kier molecular flexibility index (Phi) is 2.63. The van der Waals surface area contributed by atoms with Gasteiger partial charge in [0.1, 0.15) is 5.82 Å². The lowest BCUT2D eigenvalue weighted by Crippen LogP contribution is -2.28. The van der Waals surface area contributed by atoms with Gasteiger partial charge in [0.2, 0.25) is 0 Å². The van der Waals surface area contributed by atoms with Gasteiger partial charge in [-0.25, -0.2) is 4.98 Å². The Morgan fingerprint density at radius 2 is 2.14 bits per heavy atom. The number of aromatic amines is 1. The average molecular weight is 193 g/mol. The zero-order valence-corrected chi connectivity index (χ0v) is 8.34. The number of nitrogens with zero attached hydrogens (tertiary/aromatic N) is 1. The monoisotopic (exact) mass is 193 g/mol. The molecule has 0 saturated carbocycles. The van der Waals surface area contributed by atoms with E-state index in [-0.39, 0.29) is 5.56 Å². The van der Waals surface area contributed by atoms with E-state index in [1.54, 1.807) is 0 Å². The van der Waals surface area contributed by atoms with Crippen molar-refractivity contribution in [2.45, 2.75) is 25.7 Å². The third-order valence-electron chi connectivity index (χ3n) is 2.61. The number of piperidine rings is 1. The molecule has 2 rings (SSSR count). The summed E-state index contributed by atoms with van der Waals surface area (Å²) in [6.45, 7) is 3.89. The first-order valence-corrected chi connectivity index (χ1v) is 5.04. The van der Waals surface area contributed by atoms with Crippen LogP contribution in [0.4, 0.5) is 0 Å².